The van der Waals surface area contributed by atoms with Crippen molar-refractivity contribution in [1.29, 1.82) is 0 Å². The topological polar surface area (TPSA) is 79.7 Å². The summed E-state index contributed by atoms with van der Waals surface area (Å²) >= 11 is 0. The molecule has 0 spiro atoms. The predicted molar refractivity (Wildman–Crippen MR) is 114 cm³/mol. The van der Waals surface area contributed by atoms with Crippen LogP contribution in [0.25, 0.3) is 5.76 Å². The molecule has 6 nitrogen and oxygen atoms in total. The Kier molecular flexibility index (Phi) is 4.93. The van der Waals surface area contributed by atoms with Gasteiger partial charge >= 0.3 is 0 Å². The van der Waals surface area contributed by atoms with Crippen LogP contribution >= 0.6 is 0 Å². The second-order valence-electron chi connectivity index (χ2n) is 7.76. The molecule has 1 aromatic heterocycles. The van der Waals surface area contributed by atoms with Crippen molar-refractivity contribution in [2.24, 2.45) is 0 Å². The number of ether oxygens (including phenoxy) is 1. The second kappa shape index (κ2) is 7.92. The van der Waals surface area contributed by atoms with Crippen molar-refractivity contribution < 1.29 is 23.8 Å². The molecular weight excluding hydrogens is 411 g/mol. The van der Waals surface area contributed by atoms with Gasteiger partial charge in [-0.2, -0.15) is 0 Å². The molecule has 7 heteroatoms. The zero-order chi connectivity index (χ0) is 22.2. The van der Waals surface area contributed by atoms with Crippen LogP contribution < -0.4 is 4.74 Å². The average molecular weight is 430 g/mol. The van der Waals surface area contributed by atoms with Crippen molar-refractivity contribution in [2.75, 3.05) is 6.61 Å². The van der Waals surface area contributed by atoms with Crippen LogP contribution in [0, 0.1) is 5.82 Å². The number of pyridine rings is 1. The van der Waals surface area contributed by atoms with E-state index < -0.39 is 23.5 Å². The highest BCUT2D eigenvalue weighted by Gasteiger charge is 2.46. The van der Waals surface area contributed by atoms with E-state index in [1.165, 1.54) is 29.2 Å². The number of aromatic nitrogens is 1. The van der Waals surface area contributed by atoms with Crippen molar-refractivity contribution in [2.45, 2.75) is 19.0 Å². The Morgan fingerprint density at radius 3 is 2.72 bits per heavy atom. The van der Waals surface area contributed by atoms with Crippen LogP contribution in [0.2, 0.25) is 0 Å². The Morgan fingerprint density at radius 2 is 1.97 bits per heavy atom. The fourth-order valence-electron chi connectivity index (χ4n) is 4.21. The summed E-state index contributed by atoms with van der Waals surface area (Å²) in [5.41, 5.74) is 2.60. The molecule has 0 bridgehead atoms. The number of carbonyl (C=O) groups excluding carboxylic acids is 2. The fraction of sp³-hybridized carbons (Fsp3) is 0.160. The predicted octanol–water partition coefficient (Wildman–Crippen LogP) is 3.78. The van der Waals surface area contributed by atoms with Crippen molar-refractivity contribution >= 4 is 17.4 Å². The number of likely N-dealkylation sites (tertiary alicyclic amines) is 1. The monoisotopic (exact) mass is 430 g/mol. The quantitative estimate of drug-likeness (QED) is 0.387. The van der Waals surface area contributed by atoms with Gasteiger partial charge in [0, 0.05) is 30.9 Å². The van der Waals surface area contributed by atoms with Crippen LogP contribution in [0.5, 0.6) is 5.75 Å². The van der Waals surface area contributed by atoms with E-state index in [1.54, 1.807) is 42.7 Å². The Labute approximate surface area is 183 Å². The van der Waals surface area contributed by atoms with Crippen LogP contribution in [0.15, 0.2) is 72.6 Å². The van der Waals surface area contributed by atoms with Gasteiger partial charge < -0.3 is 14.7 Å². The maximum absolute atomic E-state index is 13.6. The Morgan fingerprint density at radius 1 is 1.16 bits per heavy atom. The Bertz CT molecular complexity index is 1240. The molecule has 1 N–H and O–H groups in total. The Balaban J connectivity index is 1.64. The summed E-state index contributed by atoms with van der Waals surface area (Å²) in [6.07, 6.45) is 3.93. The first-order valence-corrected chi connectivity index (χ1v) is 10.2. The lowest BCUT2D eigenvalue weighted by Gasteiger charge is -2.25. The molecular formula is C25H19FN2O4. The second-order valence-corrected chi connectivity index (χ2v) is 7.76. The van der Waals surface area contributed by atoms with E-state index in [0.29, 0.717) is 24.2 Å². The first-order valence-electron chi connectivity index (χ1n) is 10.2. The van der Waals surface area contributed by atoms with Crippen molar-refractivity contribution in [3.05, 3.63) is 101 Å². The van der Waals surface area contributed by atoms with E-state index in [2.05, 4.69) is 4.98 Å². The number of amides is 1. The number of fused-ring (bicyclic) bond motifs is 1. The average Bonchev–Trinajstić information content (AvgIpc) is 3.38. The minimum Gasteiger partial charge on any atom is -0.507 e. The van der Waals surface area contributed by atoms with Crippen molar-refractivity contribution in [3.8, 4) is 5.75 Å². The first kappa shape index (κ1) is 19.9. The molecule has 1 unspecified atom stereocenters. The molecule has 32 heavy (non-hydrogen) atoms. The van der Waals surface area contributed by atoms with Gasteiger partial charge in [-0.25, -0.2) is 4.39 Å². The van der Waals surface area contributed by atoms with Crippen LogP contribution in [0.4, 0.5) is 4.39 Å². The van der Waals surface area contributed by atoms with Gasteiger partial charge in [-0.1, -0.05) is 18.2 Å². The van der Waals surface area contributed by atoms with Crippen LogP contribution in [-0.2, 0) is 22.6 Å². The number of nitrogens with zero attached hydrogens (tertiary/aromatic N) is 2. The van der Waals surface area contributed by atoms with Gasteiger partial charge in [0.1, 0.15) is 17.3 Å². The molecule has 3 aromatic rings. The van der Waals surface area contributed by atoms with E-state index >= 15 is 0 Å². The normalized spacial score (nSPS) is 19.2. The molecule has 0 saturated carbocycles. The van der Waals surface area contributed by atoms with Gasteiger partial charge in [-0.3, -0.25) is 14.6 Å². The summed E-state index contributed by atoms with van der Waals surface area (Å²) in [5.74, 6) is -1.46. The highest BCUT2D eigenvalue weighted by Crippen LogP contribution is 2.41. The third-order valence-corrected chi connectivity index (χ3v) is 5.76. The highest BCUT2D eigenvalue weighted by atomic mass is 19.1. The molecule has 1 atom stereocenters. The lowest BCUT2D eigenvalue weighted by Crippen LogP contribution is -2.29. The largest absolute Gasteiger partial charge is 0.507 e. The van der Waals surface area contributed by atoms with E-state index in [4.69, 9.17) is 4.74 Å². The smallest absolute Gasteiger partial charge is 0.295 e. The summed E-state index contributed by atoms with van der Waals surface area (Å²) in [4.78, 5) is 31.5. The summed E-state index contributed by atoms with van der Waals surface area (Å²) in [6, 6.07) is 13.4. The van der Waals surface area contributed by atoms with Gasteiger partial charge in [0.15, 0.2) is 0 Å². The van der Waals surface area contributed by atoms with Gasteiger partial charge in [-0.15, -0.1) is 0 Å². The number of benzene rings is 2. The molecule has 0 aliphatic carbocycles. The molecule has 2 aromatic carbocycles. The minimum atomic E-state index is -0.861. The molecule has 1 saturated heterocycles. The van der Waals surface area contributed by atoms with E-state index in [-0.39, 0.29) is 17.9 Å². The number of hydrogen-bond acceptors (Lipinski definition) is 5. The lowest BCUT2D eigenvalue weighted by molar-refractivity contribution is -0.140. The number of Topliss-reactive ketones (excluding diaryl/α,β-unsaturated/α-hetero) is 1. The summed E-state index contributed by atoms with van der Waals surface area (Å²) < 4.78 is 19.1. The van der Waals surface area contributed by atoms with Gasteiger partial charge in [-0.05, 0) is 53.1 Å². The maximum atomic E-state index is 13.6. The molecule has 5 rings (SSSR count). The van der Waals surface area contributed by atoms with Gasteiger partial charge in [0.25, 0.3) is 11.7 Å². The number of aliphatic hydroxyl groups is 1. The Hall–Kier alpha value is -4.00. The van der Waals surface area contributed by atoms with Crippen LogP contribution in [0.1, 0.15) is 28.3 Å². The van der Waals surface area contributed by atoms with Gasteiger partial charge in [0.2, 0.25) is 0 Å². The SMILES string of the molecule is O=C1C(=O)N(Cc2cccnc2)C(c2ccc(F)cc2)/C1=C(/O)c1ccc2c(c1)CCO2. The molecule has 2 aliphatic heterocycles. The summed E-state index contributed by atoms with van der Waals surface area (Å²) in [6.45, 7) is 0.680. The molecule has 160 valence electrons. The first-order chi connectivity index (χ1) is 15.5. The molecule has 3 heterocycles. The lowest BCUT2D eigenvalue weighted by atomic mass is 9.94. The minimum absolute atomic E-state index is 0.0237. The highest BCUT2D eigenvalue weighted by molar-refractivity contribution is 6.46. The van der Waals surface area contributed by atoms with Crippen LogP contribution in [0.3, 0.4) is 0 Å². The maximum Gasteiger partial charge on any atom is 0.295 e. The van der Waals surface area contributed by atoms with Crippen molar-refractivity contribution in [1.82, 2.24) is 9.88 Å². The third-order valence-electron chi connectivity index (χ3n) is 5.76. The van der Waals surface area contributed by atoms with Crippen LogP contribution in [-0.4, -0.2) is 33.3 Å². The number of halogens is 1. The third kappa shape index (κ3) is 3.41. The number of rotatable bonds is 4. The van der Waals surface area contributed by atoms with Gasteiger partial charge in [0.05, 0.1) is 18.2 Å². The molecule has 1 fully saturated rings. The summed E-state index contributed by atoms with van der Waals surface area (Å²) in [7, 11) is 0. The van der Waals surface area contributed by atoms with E-state index in [0.717, 1.165) is 16.9 Å². The number of hydrogen-bond donors (Lipinski definition) is 1. The fourth-order valence-corrected chi connectivity index (χ4v) is 4.21. The zero-order valence-electron chi connectivity index (χ0n) is 17.0. The molecule has 2 aliphatic rings. The standard InChI is InChI=1S/C25H19FN2O4/c26-19-6-3-16(4-7-19)22-21(23(29)18-5-8-20-17(12-18)9-11-32-20)24(30)25(31)28(22)14-15-2-1-10-27-13-15/h1-8,10,12-13,22,29H,9,11,14H2/b23-21-. The molecule has 1 amide bonds. The zero-order valence-corrected chi connectivity index (χ0v) is 17.0. The molecule has 0 radical (unpaired) electrons. The summed E-state index contributed by atoms with van der Waals surface area (Å²) in [5, 5.41) is 11.2. The number of carbonyl (C=O) groups is 2. The number of ketones is 1. The van der Waals surface area contributed by atoms with E-state index in [1.807, 2.05) is 0 Å². The number of aliphatic hydroxyl groups excluding tert-OH is 1. The van der Waals surface area contributed by atoms with E-state index in [9.17, 15) is 19.1 Å². The van der Waals surface area contributed by atoms with Crippen molar-refractivity contribution in [3.63, 3.8) is 0 Å².